The molecule has 2 aromatic carbocycles. The van der Waals surface area contributed by atoms with E-state index in [1.807, 2.05) is 0 Å². The van der Waals surface area contributed by atoms with Crippen molar-refractivity contribution in [1.82, 2.24) is 9.80 Å². The van der Waals surface area contributed by atoms with Crippen LogP contribution in [0.4, 0.5) is 30.7 Å². The van der Waals surface area contributed by atoms with Gasteiger partial charge in [-0.15, -0.1) is 0 Å². The van der Waals surface area contributed by atoms with Gasteiger partial charge < -0.3 is 9.80 Å². The van der Waals surface area contributed by atoms with E-state index >= 15 is 0 Å². The van der Waals surface area contributed by atoms with Crippen molar-refractivity contribution in [3.8, 4) is 0 Å². The summed E-state index contributed by atoms with van der Waals surface area (Å²) >= 11 is 0. The first-order valence-electron chi connectivity index (χ1n) is 13.4. The van der Waals surface area contributed by atoms with Crippen LogP contribution in [0.25, 0.3) is 0 Å². The number of amides is 1. The molecule has 11 heteroatoms. The van der Waals surface area contributed by atoms with Gasteiger partial charge in [-0.3, -0.25) is 9.59 Å². The van der Waals surface area contributed by atoms with Crippen LogP contribution in [0.3, 0.4) is 0 Å². The third-order valence-electron chi connectivity index (χ3n) is 8.65. The predicted molar refractivity (Wildman–Crippen MR) is 136 cm³/mol. The zero-order valence-electron chi connectivity index (χ0n) is 22.5. The Hall–Kier alpha value is -3.37. The Morgan fingerprint density at radius 1 is 0.854 bits per heavy atom. The molecule has 0 N–H and O–H groups in total. The van der Waals surface area contributed by atoms with Crippen molar-refractivity contribution in [2.24, 2.45) is 11.8 Å². The van der Waals surface area contributed by atoms with E-state index in [0.29, 0.717) is 50.0 Å². The van der Waals surface area contributed by atoms with Gasteiger partial charge in [0.1, 0.15) is 5.82 Å². The Kier molecular flexibility index (Phi) is 7.22. The van der Waals surface area contributed by atoms with Gasteiger partial charge in [-0.1, -0.05) is 12.1 Å². The van der Waals surface area contributed by atoms with Crippen LogP contribution in [0.1, 0.15) is 61.4 Å². The molecule has 0 radical (unpaired) electrons. The molecule has 3 atom stereocenters. The van der Waals surface area contributed by atoms with Crippen molar-refractivity contribution in [2.45, 2.75) is 56.9 Å². The zero-order chi connectivity index (χ0) is 29.9. The standard InChI is InChI=1S/C30H29F7N2O2/c1-28(2,19-11-20(29(32,33)34)13-21(12-19)30(35,36)37)27(41)39-10-9-18-15-38(23-7-8-24(40)14-23)16-25(18)26(39)17-3-5-22(31)6-4-17/h3-6,11-14,18,25-26H,7-10,15-16H2,1-2H3/t18-,25?,26+/m1/s1. The largest absolute Gasteiger partial charge is 0.416 e. The molecule has 2 heterocycles. The highest BCUT2D eigenvalue weighted by Crippen LogP contribution is 2.47. The molecule has 5 rings (SSSR count). The van der Waals surface area contributed by atoms with Gasteiger partial charge in [0.15, 0.2) is 5.78 Å². The normalized spacial score (nSPS) is 23.6. The highest BCUT2D eigenvalue weighted by atomic mass is 19.4. The van der Waals surface area contributed by atoms with Crippen LogP contribution in [0.5, 0.6) is 0 Å². The van der Waals surface area contributed by atoms with E-state index < -0.39 is 52.2 Å². The van der Waals surface area contributed by atoms with E-state index in [-0.39, 0.29) is 30.2 Å². The lowest BCUT2D eigenvalue weighted by Crippen LogP contribution is -2.51. The highest BCUT2D eigenvalue weighted by Gasteiger charge is 2.49. The molecule has 2 aromatic rings. The maximum absolute atomic E-state index is 14.2. The van der Waals surface area contributed by atoms with Crippen LogP contribution < -0.4 is 0 Å². The number of carbonyl (C=O) groups is 2. The Labute approximate surface area is 232 Å². The molecular formula is C30H29F7N2O2. The van der Waals surface area contributed by atoms with Crippen LogP contribution in [-0.2, 0) is 27.4 Å². The molecule has 2 fully saturated rings. The number of likely N-dealkylation sites (tertiary alicyclic amines) is 2. The van der Waals surface area contributed by atoms with E-state index in [0.717, 1.165) is 5.70 Å². The van der Waals surface area contributed by atoms with E-state index in [1.165, 1.54) is 30.9 Å². The van der Waals surface area contributed by atoms with Gasteiger partial charge >= 0.3 is 12.4 Å². The predicted octanol–water partition coefficient (Wildman–Crippen LogP) is 6.91. The van der Waals surface area contributed by atoms with Crippen LogP contribution >= 0.6 is 0 Å². The number of hydrogen-bond donors (Lipinski definition) is 0. The van der Waals surface area contributed by atoms with Crippen LogP contribution in [-0.4, -0.2) is 41.1 Å². The maximum atomic E-state index is 14.2. The SMILES string of the molecule is CC(C)(C(=O)N1CC[C@@H]2CN(C3=CC(=O)CC3)CC2[C@@H]1c1ccc(F)cc1)c1cc(C(F)(F)F)cc(C(F)(F)F)c1. The summed E-state index contributed by atoms with van der Waals surface area (Å²) in [6, 6.07) is 6.32. The monoisotopic (exact) mass is 582 g/mol. The fourth-order valence-corrected chi connectivity index (χ4v) is 6.41. The van der Waals surface area contributed by atoms with Gasteiger partial charge in [-0.05, 0) is 74.1 Å². The lowest BCUT2D eigenvalue weighted by Gasteiger charge is -2.45. The fraction of sp³-hybridized carbons (Fsp3) is 0.467. The summed E-state index contributed by atoms with van der Waals surface area (Å²) in [7, 11) is 0. The van der Waals surface area contributed by atoms with Crippen LogP contribution in [0, 0.1) is 17.7 Å². The maximum Gasteiger partial charge on any atom is 0.416 e. The third kappa shape index (κ3) is 5.59. The molecule has 0 spiro atoms. The van der Waals surface area contributed by atoms with Gasteiger partial charge in [-0.25, -0.2) is 4.39 Å². The van der Waals surface area contributed by atoms with E-state index in [2.05, 4.69) is 4.90 Å². The van der Waals surface area contributed by atoms with Gasteiger partial charge in [0.25, 0.3) is 0 Å². The number of allylic oxidation sites excluding steroid dienone is 2. The minimum absolute atomic E-state index is 0.0443. The second-order valence-corrected chi connectivity index (χ2v) is 11.6. The average Bonchev–Trinajstić information content (AvgIpc) is 3.53. The minimum atomic E-state index is -5.05. The van der Waals surface area contributed by atoms with Crippen molar-refractivity contribution < 1.29 is 40.3 Å². The summed E-state index contributed by atoms with van der Waals surface area (Å²) in [4.78, 5) is 29.7. The summed E-state index contributed by atoms with van der Waals surface area (Å²) < 4.78 is 95.5. The molecule has 41 heavy (non-hydrogen) atoms. The summed E-state index contributed by atoms with van der Waals surface area (Å²) in [5.74, 6) is -1.07. The Bertz CT molecular complexity index is 1350. The van der Waals surface area contributed by atoms with Crippen molar-refractivity contribution in [1.29, 1.82) is 0 Å². The number of alkyl halides is 6. The number of fused-ring (bicyclic) bond motifs is 1. The highest BCUT2D eigenvalue weighted by molar-refractivity contribution is 5.92. The third-order valence-corrected chi connectivity index (χ3v) is 8.65. The summed E-state index contributed by atoms with van der Waals surface area (Å²) in [5, 5.41) is 0. The van der Waals surface area contributed by atoms with Crippen molar-refractivity contribution in [3.05, 3.63) is 82.3 Å². The van der Waals surface area contributed by atoms with E-state index in [1.54, 1.807) is 18.2 Å². The number of benzene rings is 2. The summed E-state index contributed by atoms with van der Waals surface area (Å²) in [6.07, 6.45) is -6.85. The zero-order valence-corrected chi connectivity index (χ0v) is 22.5. The molecule has 2 aliphatic heterocycles. The quantitative estimate of drug-likeness (QED) is 0.368. The topological polar surface area (TPSA) is 40.6 Å². The molecule has 0 aromatic heterocycles. The molecule has 1 unspecified atom stereocenters. The lowest BCUT2D eigenvalue weighted by molar-refractivity contribution is -0.145. The molecule has 3 aliphatic rings. The molecule has 220 valence electrons. The molecule has 0 bridgehead atoms. The number of halogens is 7. The van der Waals surface area contributed by atoms with E-state index in [9.17, 15) is 40.3 Å². The number of ketones is 1. The number of rotatable bonds is 4. The number of hydrogen-bond acceptors (Lipinski definition) is 3. The van der Waals surface area contributed by atoms with Gasteiger partial charge in [0, 0.05) is 43.7 Å². The Morgan fingerprint density at radius 2 is 1.44 bits per heavy atom. The van der Waals surface area contributed by atoms with Crippen LogP contribution in [0.15, 0.2) is 54.2 Å². The lowest BCUT2D eigenvalue weighted by atomic mass is 9.75. The smallest absolute Gasteiger partial charge is 0.374 e. The van der Waals surface area contributed by atoms with Crippen LogP contribution in [0.2, 0.25) is 0 Å². The number of carbonyl (C=O) groups excluding carboxylic acids is 2. The van der Waals surface area contributed by atoms with Gasteiger partial charge in [-0.2, -0.15) is 26.3 Å². The molecule has 0 saturated carbocycles. The number of piperidine rings is 1. The van der Waals surface area contributed by atoms with Gasteiger partial charge in [0.05, 0.1) is 22.6 Å². The van der Waals surface area contributed by atoms with Crippen molar-refractivity contribution >= 4 is 11.7 Å². The molecular weight excluding hydrogens is 553 g/mol. The molecule has 1 amide bonds. The summed E-state index contributed by atoms with van der Waals surface area (Å²) in [6.45, 7) is 4.05. The molecule has 1 aliphatic carbocycles. The first-order chi connectivity index (χ1) is 19.1. The number of nitrogens with zero attached hydrogens (tertiary/aromatic N) is 2. The van der Waals surface area contributed by atoms with Gasteiger partial charge in [0.2, 0.25) is 5.91 Å². The van der Waals surface area contributed by atoms with Crippen molar-refractivity contribution in [3.63, 3.8) is 0 Å². The second-order valence-electron chi connectivity index (χ2n) is 11.6. The second kappa shape index (κ2) is 10.2. The van der Waals surface area contributed by atoms with Crippen molar-refractivity contribution in [2.75, 3.05) is 19.6 Å². The molecule has 2 saturated heterocycles. The first kappa shape index (κ1) is 29.1. The Morgan fingerprint density at radius 3 is 1.98 bits per heavy atom. The minimum Gasteiger partial charge on any atom is -0.374 e. The molecule has 4 nitrogen and oxygen atoms in total. The Balaban J connectivity index is 1.53. The fourth-order valence-electron chi connectivity index (χ4n) is 6.41. The average molecular weight is 583 g/mol. The summed E-state index contributed by atoms with van der Waals surface area (Å²) in [5.41, 5.74) is -3.56. The first-order valence-corrected chi connectivity index (χ1v) is 13.4. The van der Waals surface area contributed by atoms with E-state index in [4.69, 9.17) is 0 Å².